The number of carbonyl (C=O) groups is 1. The van der Waals surface area contributed by atoms with Gasteiger partial charge in [0.2, 0.25) is 5.91 Å². The van der Waals surface area contributed by atoms with Crippen LogP contribution in [0.25, 0.3) is 11.6 Å². The topological polar surface area (TPSA) is 76.2 Å². The largest absolute Gasteiger partial charge is 0.461 e. The number of rotatable bonds is 11. The van der Waals surface area contributed by atoms with Gasteiger partial charge in [-0.05, 0) is 50.3 Å². The zero-order valence-corrected chi connectivity index (χ0v) is 20.1. The number of thioether (sulfide) groups is 1. The van der Waals surface area contributed by atoms with Gasteiger partial charge in [-0.3, -0.25) is 14.3 Å². The summed E-state index contributed by atoms with van der Waals surface area (Å²) in [5.41, 5.74) is 1.35. The number of nitrogens with zero attached hydrogens (tertiary/aromatic N) is 4. The van der Waals surface area contributed by atoms with Gasteiger partial charge < -0.3 is 9.73 Å². The number of likely N-dealkylation sites (tertiary alicyclic amines) is 1. The molecule has 3 aromatic rings. The molecule has 1 aromatic carbocycles. The Hall–Kier alpha value is -2.58. The monoisotopic (exact) mass is 467 g/mol. The fourth-order valence-corrected chi connectivity index (χ4v) is 5.20. The van der Waals surface area contributed by atoms with Crippen molar-refractivity contribution in [1.82, 2.24) is 25.0 Å². The molecule has 3 heterocycles. The zero-order chi connectivity index (χ0) is 22.9. The Labute approximate surface area is 199 Å². The number of hydrogen-bond donors (Lipinski definition) is 1. The summed E-state index contributed by atoms with van der Waals surface area (Å²) >= 11 is 1.69. The molecular formula is C25H33N5O2S. The quantitative estimate of drug-likeness (QED) is 0.328. The molecule has 2 aromatic heterocycles. The maximum Gasteiger partial charge on any atom is 0.220 e. The molecule has 1 aliphatic rings. The second-order valence-electron chi connectivity index (χ2n) is 8.44. The second-order valence-corrected chi connectivity index (χ2v) is 9.50. The lowest BCUT2D eigenvalue weighted by Crippen LogP contribution is -2.44. The van der Waals surface area contributed by atoms with Crippen LogP contribution in [0.1, 0.15) is 44.6 Å². The highest BCUT2D eigenvalue weighted by Crippen LogP contribution is 2.25. The summed E-state index contributed by atoms with van der Waals surface area (Å²) < 4.78 is 7.53. The van der Waals surface area contributed by atoms with Gasteiger partial charge in [-0.2, -0.15) is 0 Å². The lowest BCUT2D eigenvalue weighted by Gasteiger charge is -2.32. The van der Waals surface area contributed by atoms with Gasteiger partial charge in [0.15, 0.2) is 16.7 Å². The van der Waals surface area contributed by atoms with Crippen molar-refractivity contribution in [3.8, 4) is 11.6 Å². The van der Waals surface area contributed by atoms with Crippen molar-refractivity contribution in [3.63, 3.8) is 0 Å². The highest BCUT2D eigenvalue weighted by Gasteiger charge is 2.20. The van der Waals surface area contributed by atoms with E-state index in [9.17, 15) is 4.79 Å². The van der Waals surface area contributed by atoms with Crippen LogP contribution < -0.4 is 5.32 Å². The molecule has 1 aliphatic heterocycles. The number of unbranched alkanes of at least 4 members (excludes halogenated alkanes) is 1. The molecule has 0 atom stereocenters. The van der Waals surface area contributed by atoms with Crippen LogP contribution in [0.5, 0.6) is 0 Å². The lowest BCUT2D eigenvalue weighted by atomic mass is 10.0. The van der Waals surface area contributed by atoms with Crippen molar-refractivity contribution in [2.75, 3.05) is 18.8 Å². The number of aromatic nitrogens is 3. The maximum absolute atomic E-state index is 12.4. The molecule has 1 amide bonds. The summed E-state index contributed by atoms with van der Waals surface area (Å²) in [5.74, 6) is 2.60. The van der Waals surface area contributed by atoms with Crippen molar-refractivity contribution < 1.29 is 9.21 Å². The molecule has 33 heavy (non-hydrogen) atoms. The average Bonchev–Trinajstić information content (AvgIpc) is 3.50. The number of furan rings is 1. The van der Waals surface area contributed by atoms with Crippen LogP contribution in [0.15, 0.2) is 58.3 Å². The van der Waals surface area contributed by atoms with Crippen LogP contribution in [0.2, 0.25) is 0 Å². The van der Waals surface area contributed by atoms with E-state index in [1.807, 2.05) is 12.1 Å². The number of carbonyl (C=O) groups excluding carboxylic acids is 1. The minimum absolute atomic E-state index is 0.179. The van der Waals surface area contributed by atoms with E-state index in [-0.39, 0.29) is 5.91 Å². The van der Waals surface area contributed by atoms with Gasteiger partial charge in [-0.1, -0.05) is 42.1 Å². The van der Waals surface area contributed by atoms with Crippen LogP contribution in [0.4, 0.5) is 0 Å². The Bertz CT molecular complexity index is 982. The van der Waals surface area contributed by atoms with Gasteiger partial charge in [0.25, 0.3) is 0 Å². The van der Waals surface area contributed by atoms with E-state index in [4.69, 9.17) is 4.42 Å². The molecule has 0 unspecified atom stereocenters. The van der Waals surface area contributed by atoms with Crippen molar-refractivity contribution in [2.45, 2.75) is 63.3 Å². The van der Waals surface area contributed by atoms with Crippen LogP contribution >= 0.6 is 11.8 Å². The van der Waals surface area contributed by atoms with Gasteiger partial charge in [0, 0.05) is 44.4 Å². The van der Waals surface area contributed by atoms with E-state index in [0.717, 1.165) is 74.4 Å². The predicted octanol–water partition coefficient (Wildman–Crippen LogP) is 4.60. The average molecular weight is 468 g/mol. The summed E-state index contributed by atoms with van der Waals surface area (Å²) in [6.45, 7) is 5.94. The van der Waals surface area contributed by atoms with Gasteiger partial charge >= 0.3 is 0 Å². The van der Waals surface area contributed by atoms with Crippen molar-refractivity contribution in [3.05, 3.63) is 54.3 Å². The standard InChI is InChI=1S/C25H33N5O2S/c1-2-30-24(22-11-8-17-32-22)27-28-25(30)33-18-7-6-12-23(31)26-21-13-15-29(16-14-21)19-20-9-4-3-5-10-20/h3-5,8-11,17,21H,2,6-7,12-16,18-19H2,1H3,(H,26,31). The minimum Gasteiger partial charge on any atom is -0.461 e. The first-order valence-corrected chi connectivity index (χ1v) is 12.9. The number of amides is 1. The van der Waals surface area contributed by atoms with Gasteiger partial charge in [-0.25, -0.2) is 0 Å². The van der Waals surface area contributed by atoms with E-state index in [1.54, 1.807) is 18.0 Å². The molecule has 1 N–H and O–H groups in total. The summed E-state index contributed by atoms with van der Waals surface area (Å²) in [4.78, 5) is 14.9. The Kier molecular flexibility index (Phi) is 8.60. The first-order valence-electron chi connectivity index (χ1n) is 11.9. The third-order valence-corrected chi connectivity index (χ3v) is 7.06. The highest BCUT2D eigenvalue weighted by atomic mass is 32.2. The van der Waals surface area contributed by atoms with Gasteiger partial charge in [0.1, 0.15) is 0 Å². The van der Waals surface area contributed by atoms with Crippen LogP contribution in [-0.2, 0) is 17.9 Å². The van der Waals surface area contributed by atoms with Crippen molar-refractivity contribution in [2.24, 2.45) is 0 Å². The molecule has 1 saturated heterocycles. The number of hydrogen-bond acceptors (Lipinski definition) is 6. The third-order valence-electron chi connectivity index (χ3n) is 6.01. The van der Waals surface area contributed by atoms with Crippen LogP contribution in [0, 0.1) is 0 Å². The first-order chi connectivity index (χ1) is 16.2. The van der Waals surface area contributed by atoms with E-state index in [0.29, 0.717) is 12.5 Å². The molecular weight excluding hydrogens is 434 g/mol. The smallest absolute Gasteiger partial charge is 0.220 e. The van der Waals surface area contributed by atoms with Crippen molar-refractivity contribution >= 4 is 17.7 Å². The minimum atomic E-state index is 0.179. The van der Waals surface area contributed by atoms with E-state index < -0.39 is 0 Å². The molecule has 0 radical (unpaired) electrons. The number of piperidine rings is 1. The second kappa shape index (κ2) is 12.0. The van der Waals surface area contributed by atoms with Gasteiger partial charge in [-0.15, -0.1) is 10.2 Å². The predicted molar refractivity (Wildman–Crippen MR) is 131 cm³/mol. The molecule has 0 bridgehead atoms. The molecule has 1 fully saturated rings. The van der Waals surface area contributed by atoms with E-state index in [2.05, 4.69) is 62.2 Å². The summed E-state index contributed by atoms with van der Waals surface area (Å²) in [7, 11) is 0. The molecule has 7 nitrogen and oxygen atoms in total. The Morgan fingerprint density at radius 2 is 1.94 bits per heavy atom. The van der Waals surface area contributed by atoms with E-state index in [1.165, 1.54) is 5.56 Å². The lowest BCUT2D eigenvalue weighted by molar-refractivity contribution is -0.122. The molecule has 8 heteroatoms. The summed E-state index contributed by atoms with van der Waals surface area (Å²) in [5, 5.41) is 12.7. The normalized spacial score (nSPS) is 15.1. The summed E-state index contributed by atoms with van der Waals surface area (Å²) in [6.07, 6.45) is 6.15. The Balaban J connectivity index is 1.11. The van der Waals surface area contributed by atoms with Crippen LogP contribution in [0.3, 0.4) is 0 Å². The molecule has 0 spiro atoms. The molecule has 0 saturated carbocycles. The number of nitrogens with one attached hydrogen (secondary N) is 1. The molecule has 4 rings (SSSR count). The Morgan fingerprint density at radius 3 is 2.67 bits per heavy atom. The molecule has 176 valence electrons. The fraction of sp³-hybridized carbons (Fsp3) is 0.480. The number of benzene rings is 1. The Morgan fingerprint density at radius 1 is 1.12 bits per heavy atom. The maximum atomic E-state index is 12.4. The fourth-order valence-electron chi connectivity index (χ4n) is 4.20. The van der Waals surface area contributed by atoms with E-state index >= 15 is 0 Å². The molecule has 0 aliphatic carbocycles. The highest BCUT2D eigenvalue weighted by molar-refractivity contribution is 7.99. The SMILES string of the molecule is CCn1c(SCCCCC(=O)NC2CCN(Cc3ccccc3)CC2)nnc1-c1ccco1. The van der Waals surface area contributed by atoms with Gasteiger partial charge in [0.05, 0.1) is 6.26 Å². The van der Waals surface area contributed by atoms with Crippen LogP contribution in [-0.4, -0.2) is 50.5 Å². The van der Waals surface area contributed by atoms with Crippen molar-refractivity contribution in [1.29, 1.82) is 0 Å². The zero-order valence-electron chi connectivity index (χ0n) is 19.3. The summed E-state index contributed by atoms with van der Waals surface area (Å²) in [6, 6.07) is 14.7. The first kappa shape index (κ1) is 23.6. The third kappa shape index (κ3) is 6.71.